The predicted molar refractivity (Wildman–Crippen MR) is 99.5 cm³/mol. The van der Waals surface area contributed by atoms with E-state index in [0.717, 1.165) is 15.6 Å². The number of halogens is 1. The van der Waals surface area contributed by atoms with Crippen molar-refractivity contribution in [2.75, 3.05) is 0 Å². The molecule has 3 rings (SSSR count). The van der Waals surface area contributed by atoms with E-state index in [9.17, 15) is 14.7 Å². The van der Waals surface area contributed by atoms with Gasteiger partial charge in [-0.05, 0) is 17.2 Å². The molecular formula is C19H15BrN2O4. The zero-order chi connectivity index (χ0) is 18.5. The Morgan fingerprint density at radius 2 is 1.81 bits per heavy atom. The molecule has 0 unspecified atom stereocenters. The van der Waals surface area contributed by atoms with Gasteiger partial charge in [0, 0.05) is 10.9 Å². The molecule has 1 aromatic heterocycles. The number of aromatic amines is 1. The first-order valence-electron chi connectivity index (χ1n) is 7.81. The van der Waals surface area contributed by atoms with Gasteiger partial charge in [-0.25, -0.2) is 4.79 Å². The maximum Gasteiger partial charge on any atom is 0.356 e. The van der Waals surface area contributed by atoms with Crippen LogP contribution in [0.1, 0.15) is 27.4 Å². The quantitative estimate of drug-likeness (QED) is 0.644. The van der Waals surface area contributed by atoms with Gasteiger partial charge in [-0.1, -0.05) is 64.5 Å². The number of nitrogens with zero attached hydrogens (tertiary/aromatic N) is 1. The fourth-order valence-electron chi connectivity index (χ4n) is 2.43. The second-order valence-corrected chi connectivity index (χ2v) is 6.39. The number of carbonyl (C=O) groups is 1. The van der Waals surface area contributed by atoms with E-state index in [-0.39, 0.29) is 30.3 Å². The number of hydrogen-bond donors (Lipinski definition) is 2. The summed E-state index contributed by atoms with van der Waals surface area (Å²) in [4.78, 5) is 30.6. The highest BCUT2D eigenvalue weighted by Gasteiger charge is 2.19. The molecule has 0 radical (unpaired) electrons. The van der Waals surface area contributed by atoms with Gasteiger partial charge in [0.25, 0.3) is 0 Å². The van der Waals surface area contributed by atoms with Crippen molar-refractivity contribution in [1.29, 1.82) is 0 Å². The summed E-state index contributed by atoms with van der Waals surface area (Å²) >= 11 is 3.42. The topological polar surface area (TPSA) is 92.3 Å². The lowest BCUT2D eigenvalue weighted by Gasteiger charge is -2.10. The molecule has 0 aliphatic heterocycles. The summed E-state index contributed by atoms with van der Waals surface area (Å²) in [5.74, 6) is -1.32. The van der Waals surface area contributed by atoms with Gasteiger partial charge in [-0.2, -0.15) is 4.98 Å². The van der Waals surface area contributed by atoms with Crippen molar-refractivity contribution in [3.05, 3.63) is 92.1 Å². The van der Waals surface area contributed by atoms with Crippen LogP contribution in [0.4, 0.5) is 0 Å². The van der Waals surface area contributed by atoms with Gasteiger partial charge in [0.1, 0.15) is 12.4 Å². The van der Waals surface area contributed by atoms with E-state index in [4.69, 9.17) is 4.74 Å². The van der Waals surface area contributed by atoms with Crippen LogP contribution in [0.25, 0.3) is 0 Å². The van der Waals surface area contributed by atoms with E-state index in [2.05, 4.69) is 25.9 Å². The first-order chi connectivity index (χ1) is 12.5. The Hall–Kier alpha value is -2.93. The van der Waals surface area contributed by atoms with Crippen molar-refractivity contribution >= 4 is 21.9 Å². The minimum atomic E-state index is -1.28. The lowest BCUT2D eigenvalue weighted by molar-refractivity contribution is 0.0683. The Morgan fingerprint density at radius 3 is 2.50 bits per heavy atom. The summed E-state index contributed by atoms with van der Waals surface area (Å²) in [5, 5.41) is 9.45. The van der Waals surface area contributed by atoms with Crippen molar-refractivity contribution < 1.29 is 14.6 Å². The molecule has 0 amide bonds. The molecule has 1 heterocycles. The van der Waals surface area contributed by atoms with E-state index in [1.165, 1.54) is 0 Å². The van der Waals surface area contributed by atoms with Gasteiger partial charge in [-0.15, -0.1) is 0 Å². The Kier molecular flexibility index (Phi) is 5.48. The van der Waals surface area contributed by atoms with Crippen LogP contribution in [-0.2, 0) is 13.0 Å². The van der Waals surface area contributed by atoms with Gasteiger partial charge in [0.05, 0.1) is 0 Å². The molecule has 0 spiro atoms. The Labute approximate surface area is 157 Å². The van der Waals surface area contributed by atoms with E-state index < -0.39 is 11.5 Å². The Morgan fingerprint density at radius 1 is 1.12 bits per heavy atom. The minimum absolute atomic E-state index is 0.0788. The summed E-state index contributed by atoms with van der Waals surface area (Å²) in [6, 6.07) is 16.6. The van der Waals surface area contributed by atoms with Gasteiger partial charge in [-0.3, -0.25) is 4.79 Å². The number of aromatic carboxylic acids is 1. The van der Waals surface area contributed by atoms with Crippen molar-refractivity contribution in [2.24, 2.45) is 0 Å². The van der Waals surface area contributed by atoms with Crippen LogP contribution in [0.5, 0.6) is 5.75 Å². The van der Waals surface area contributed by atoms with Gasteiger partial charge >= 0.3 is 11.5 Å². The molecule has 6 nitrogen and oxygen atoms in total. The van der Waals surface area contributed by atoms with Gasteiger partial charge in [0.15, 0.2) is 5.69 Å². The predicted octanol–water partition coefficient (Wildman–Crippen LogP) is 3.40. The van der Waals surface area contributed by atoms with Gasteiger partial charge < -0.3 is 14.8 Å². The SMILES string of the molecule is O=C(O)c1[nH]c(Cc2ccccc2Br)nc(=O)c1OCc1ccccc1. The molecule has 0 aliphatic carbocycles. The molecule has 0 atom stereocenters. The van der Waals surface area contributed by atoms with Crippen LogP contribution >= 0.6 is 15.9 Å². The molecule has 0 saturated carbocycles. The number of hydrogen-bond acceptors (Lipinski definition) is 4. The number of rotatable bonds is 6. The number of aromatic nitrogens is 2. The summed E-state index contributed by atoms with van der Waals surface area (Å²) in [6.45, 7) is 0.0788. The molecule has 2 aromatic carbocycles. The van der Waals surface area contributed by atoms with E-state index in [0.29, 0.717) is 0 Å². The zero-order valence-electron chi connectivity index (χ0n) is 13.6. The molecule has 0 bridgehead atoms. The van der Waals surface area contributed by atoms with Crippen LogP contribution in [-0.4, -0.2) is 21.0 Å². The number of nitrogens with one attached hydrogen (secondary N) is 1. The molecule has 26 heavy (non-hydrogen) atoms. The van der Waals surface area contributed by atoms with E-state index in [1.807, 2.05) is 54.6 Å². The lowest BCUT2D eigenvalue weighted by Crippen LogP contribution is -2.21. The lowest BCUT2D eigenvalue weighted by atomic mass is 10.1. The monoisotopic (exact) mass is 414 g/mol. The maximum absolute atomic E-state index is 12.3. The van der Waals surface area contributed by atoms with Crippen molar-refractivity contribution in [2.45, 2.75) is 13.0 Å². The largest absolute Gasteiger partial charge is 0.481 e. The third kappa shape index (κ3) is 4.18. The first-order valence-corrected chi connectivity index (χ1v) is 8.60. The van der Waals surface area contributed by atoms with Crippen LogP contribution in [0.15, 0.2) is 63.9 Å². The first kappa shape index (κ1) is 17.9. The maximum atomic E-state index is 12.3. The summed E-state index contributed by atoms with van der Waals surface area (Å²) in [7, 11) is 0. The summed E-state index contributed by atoms with van der Waals surface area (Å²) in [6.07, 6.45) is 0.288. The van der Waals surface area contributed by atoms with Crippen molar-refractivity contribution in [1.82, 2.24) is 9.97 Å². The van der Waals surface area contributed by atoms with Crippen LogP contribution in [0.2, 0.25) is 0 Å². The highest BCUT2D eigenvalue weighted by atomic mass is 79.9. The van der Waals surface area contributed by atoms with Crippen LogP contribution < -0.4 is 10.3 Å². The standard InChI is InChI=1S/C19H15BrN2O4/c20-14-9-5-4-8-13(14)10-15-21-16(19(24)25)17(18(23)22-15)26-11-12-6-2-1-3-7-12/h1-9H,10-11H2,(H,24,25)(H,21,22,23). The third-order valence-corrected chi connectivity index (χ3v) is 4.46. The second-order valence-electron chi connectivity index (χ2n) is 5.54. The number of carboxylic acid groups (broad SMARTS) is 1. The zero-order valence-corrected chi connectivity index (χ0v) is 15.2. The highest BCUT2D eigenvalue weighted by Crippen LogP contribution is 2.19. The molecule has 0 aliphatic rings. The van der Waals surface area contributed by atoms with E-state index >= 15 is 0 Å². The number of benzene rings is 2. The third-order valence-electron chi connectivity index (χ3n) is 3.68. The van der Waals surface area contributed by atoms with Gasteiger partial charge in [0.2, 0.25) is 5.75 Å². The molecular weight excluding hydrogens is 400 g/mol. The fraction of sp³-hybridized carbons (Fsp3) is 0.105. The minimum Gasteiger partial charge on any atom is -0.481 e. The molecule has 0 fully saturated rings. The fourth-order valence-corrected chi connectivity index (χ4v) is 2.85. The van der Waals surface area contributed by atoms with E-state index in [1.54, 1.807) is 0 Å². The molecule has 3 aromatic rings. The second kappa shape index (κ2) is 7.97. The number of carboxylic acids is 1. The molecule has 7 heteroatoms. The summed E-state index contributed by atoms with van der Waals surface area (Å²) < 4.78 is 6.30. The average molecular weight is 415 g/mol. The molecule has 2 N–H and O–H groups in total. The highest BCUT2D eigenvalue weighted by molar-refractivity contribution is 9.10. The van der Waals surface area contributed by atoms with Crippen LogP contribution in [0.3, 0.4) is 0 Å². The van der Waals surface area contributed by atoms with Crippen molar-refractivity contribution in [3.8, 4) is 5.75 Å². The number of ether oxygens (including phenoxy) is 1. The summed E-state index contributed by atoms with van der Waals surface area (Å²) in [5.41, 5.74) is 0.688. The Balaban J connectivity index is 1.90. The Bertz CT molecular complexity index is 986. The normalized spacial score (nSPS) is 10.5. The number of H-pyrrole nitrogens is 1. The van der Waals surface area contributed by atoms with Crippen LogP contribution in [0, 0.1) is 0 Å². The average Bonchev–Trinajstić information content (AvgIpc) is 2.63. The molecule has 132 valence electrons. The smallest absolute Gasteiger partial charge is 0.356 e. The molecule has 0 saturated heterocycles. The van der Waals surface area contributed by atoms with Crippen molar-refractivity contribution in [3.63, 3.8) is 0 Å².